The van der Waals surface area contributed by atoms with Crippen molar-refractivity contribution < 1.29 is 9.47 Å². The van der Waals surface area contributed by atoms with Crippen LogP contribution in [0.2, 0.25) is 0 Å². The van der Waals surface area contributed by atoms with Crippen LogP contribution in [0.1, 0.15) is 26.2 Å². The van der Waals surface area contributed by atoms with Crippen molar-refractivity contribution in [3.63, 3.8) is 0 Å². The van der Waals surface area contributed by atoms with E-state index < -0.39 is 0 Å². The number of nitrogens with zero attached hydrogens (tertiary/aromatic N) is 4. The molecule has 0 bridgehead atoms. The van der Waals surface area contributed by atoms with E-state index in [2.05, 4.69) is 31.9 Å². The van der Waals surface area contributed by atoms with Crippen LogP contribution in [-0.2, 0) is 9.47 Å². The second-order valence-corrected chi connectivity index (χ2v) is 7.63. The van der Waals surface area contributed by atoms with Gasteiger partial charge in [-0.15, -0.1) is 24.0 Å². The number of unbranched alkanes of at least 4 members (excludes halogenated alkanes) is 1. The van der Waals surface area contributed by atoms with E-state index in [0.717, 1.165) is 32.2 Å². The van der Waals surface area contributed by atoms with Crippen LogP contribution in [0, 0.1) is 5.92 Å². The second kappa shape index (κ2) is 15.6. The molecular weight excluding hydrogens is 469 g/mol. The standard InChI is InChI=1S/C20H41N5O2.HI/c1-4-23-11-13-24(14-12-23)9-6-5-8-22-20(21-2)25-10-7-19(17-25)18-27-16-15-26-3;/h19H,4-18H2,1-3H3,(H,21,22);1H. The van der Waals surface area contributed by atoms with Gasteiger partial charge in [0.15, 0.2) is 5.96 Å². The average molecular weight is 511 g/mol. The van der Waals surface area contributed by atoms with Gasteiger partial charge in [0.25, 0.3) is 0 Å². The Balaban J connectivity index is 0.00000392. The van der Waals surface area contributed by atoms with Crippen molar-refractivity contribution in [1.82, 2.24) is 20.0 Å². The SMILES string of the molecule is CCN1CCN(CCCCNC(=NC)N2CCC(COCCOC)C2)CC1.I. The van der Waals surface area contributed by atoms with Gasteiger partial charge in [0.2, 0.25) is 0 Å². The molecule has 0 aromatic heterocycles. The Bertz CT molecular complexity index is 419. The number of rotatable bonds is 11. The van der Waals surface area contributed by atoms with Crippen molar-refractivity contribution >= 4 is 29.9 Å². The highest BCUT2D eigenvalue weighted by Crippen LogP contribution is 2.16. The molecule has 0 aliphatic carbocycles. The third kappa shape index (κ3) is 9.56. The summed E-state index contributed by atoms with van der Waals surface area (Å²) in [7, 11) is 3.60. The first-order valence-corrected chi connectivity index (χ1v) is 10.7. The summed E-state index contributed by atoms with van der Waals surface area (Å²) < 4.78 is 10.7. The van der Waals surface area contributed by atoms with Crippen molar-refractivity contribution in [2.45, 2.75) is 26.2 Å². The number of hydrogen-bond acceptors (Lipinski definition) is 5. The summed E-state index contributed by atoms with van der Waals surface area (Å²) in [6, 6.07) is 0. The molecule has 166 valence electrons. The number of piperazine rings is 1. The molecule has 2 saturated heterocycles. The lowest BCUT2D eigenvalue weighted by molar-refractivity contribution is 0.0536. The van der Waals surface area contributed by atoms with Crippen LogP contribution in [0.5, 0.6) is 0 Å². The molecule has 2 heterocycles. The minimum absolute atomic E-state index is 0. The second-order valence-electron chi connectivity index (χ2n) is 7.63. The maximum absolute atomic E-state index is 5.68. The van der Waals surface area contributed by atoms with Crippen molar-refractivity contribution in [2.24, 2.45) is 10.9 Å². The number of likely N-dealkylation sites (N-methyl/N-ethyl adjacent to an activating group) is 1. The van der Waals surface area contributed by atoms with Gasteiger partial charge in [-0.25, -0.2) is 0 Å². The Kier molecular flexibility index (Phi) is 14.5. The lowest BCUT2D eigenvalue weighted by Crippen LogP contribution is -2.46. The van der Waals surface area contributed by atoms with E-state index in [1.54, 1.807) is 7.11 Å². The molecule has 28 heavy (non-hydrogen) atoms. The van der Waals surface area contributed by atoms with Gasteiger partial charge in [0.1, 0.15) is 0 Å². The summed E-state index contributed by atoms with van der Waals surface area (Å²) in [6.07, 6.45) is 3.63. The minimum atomic E-state index is 0. The topological polar surface area (TPSA) is 52.6 Å². The monoisotopic (exact) mass is 511 g/mol. The van der Waals surface area contributed by atoms with E-state index in [1.165, 1.54) is 58.5 Å². The number of likely N-dealkylation sites (tertiary alicyclic amines) is 1. The largest absolute Gasteiger partial charge is 0.382 e. The normalized spacial score (nSPS) is 21.8. The van der Waals surface area contributed by atoms with E-state index in [4.69, 9.17) is 9.47 Å². The molecule has 2 aliphatic rings. The Hall–Kier alpha value is -0.160. The molecule has 1 N–H and O–H groups in total. The van der Waals surface area contributed by atoms with Crippen LogP contribution < -0.4 is 5.32 Å². The Morgan fingerprint density at radius 3 is 2.50 bits per heavy atom. The fourth-order valence-corrected chi connectivity index (χ4v) is 3.88. The third-order valence-electron chi connectivity index (χ3n) is 5.68. The van der Waals surface area contributed by atoms with Gasteiger partial charge < -0.3 is 29.5 Å². The van der Waals surface area contributed by atoms with Gasteiger partial charge in [0, 0.05) is 65.9 Å². The number of ether oxygens (including phenoxy) is 2. The van der Waals surface area contributed by atoms with E-state index in [-0.39, 0.29) is 24.0 Å². The van der Waals surface area contributed by atoms with Crippen LogP contribution in [0.3, 0.4) is 0 Å². The maximum Gasteiger partial charge on any atom is 0.193 e. The quantitative estimate of drug-likeness (QED) is 0.197. The first-order valence-electron chi connectivity index (χ1n) is 10.7. The number of nitrogens with one attached hydrogen (secondary N) is 1. The van der Waals surface area contributed by atoms with Crippen LogP contribution in [-0.4, -0.2) is 114 Å². The highest BCUT2D eigenvalue weighted by molar-refractivity contribution is 14.0. The van der Waals surface area contributed by atoms with Gasteiger partial charge >= 0.3 is 0 Å². The van der Waals surface area contributed by atoms with E-state index in [0.29, 0.717) is 19.1 Å². The molecule has 0 amide bonds. The first-order chi connectivity index (χ1) is 13.3. The number of methoxy groups -OCH3 is 1. The smallest absolute Gasteiger partial charge is 0.193 e. The number of aliphatic imine (C=N–C) groups is 1. The number of halogens is 1. The van der Waals surface area contributed by atoms with Crippen LogP contribution in [0.15, 0.2) is 4.99 Å². The van der Waals surface area contributed by atoms with Gasteiger partial charge in [-0.05, 0) is 32.4 Å². The average Bonchev–Trinajstić information content (AvgIpc) is 3.17. The molecule has 7 nitrogen and oxygen atoms in total. The summed E-state index contributed by atoms with van der Waals surface area (Å²) in [5.41, 5.74) is 0. The van der Waals surface area contributed by atoms with Crippen LogP contribution in [0.25, 0.3) is 0 Å². The Labute approximate surface area is 189 Å². The first kappa shape index (κ1) is 25.9. The molecule has 1 atom stereocenters. The Morgan fingerprint density at radius 1 is 1.07 bits per heavy atom. The van der Waals surface area contributed by atoms with Gasteiger partial charge in [-0.1, -0.05) is 6.92 Å². The van der Waals surface area contributed by atoms with E-state index >= 15 is 0 Å². The van der Waals surface area contributed by atoms with Crippen LogP contribution in [0.4, 0.5) is 0 Å². The summed E-state index contributed by atoms with van der Waals surface area (Å²) in [5, 5.41) is 3.55. The van der Waals surface area contributed by atoms with Crippen molar-refractivity contribution in [2.75, 3.05) is 92.9 Å². The lowest BCUT2D eigenvalue weighted by atomic mass is 10.1. The van der Waals surface area contributed by atoms with E-state index in [1.807, 2.05) is 7.05 Å². The van der Waals surface area contributed by atoms with Gasteiger partial charge in [0.05, 0.1) is 19.8 Å². The van der Waals surface area contributed by atoms with Gasteiger partial charge in [-0.2, -0.15) is 0 Å². The molecular formula is C20H42IN5O2. The third-order valence-corrected chi connectivity index (χ3v) is 5.68. The maximum atomic E-state index is 5.68. The lowest BCUT2D eigenvalue weighted by Gasteiger charge is -2.34. The summed E-state index contributed by atoms with van der Waals surface area (Å²) in [4.78, 5) is 12.0. The summed E-state index contributed by atoms with van der Waals surface area (Å²) >= 11 is 0. The Morgan fingerprint density at radius 2 is 1.82 bits per heavy atom. The van der Waals surface area contributed by atoms with Gasteiger partial charge in [-0.3, -0.25) is 4.99 Å². The van der Waals surface area contributed by atoms with Crippen molar-refractivity contribution in [3.05, 3.63) is 0 Å². The summed E-state index contributed by atoms with van der Waals surface area (Å²) in [5.74, 6) is 1.65. The highest BCUT2D eigenvalue weighted by atomic mass is 127. The molecule has 0 spiro atoms. The fourth-order valence-electron chi connectivity index (χ4n) is 3.88. The molecule has 8 heteroatoms. The zero-order valence-electron chi connectivity index (χ0n) is 18.2. The predicted octanol–water partition coefficient (Wildman–Crippen LogP) is 1.58. The molecule has 0 aromatic rings. The van der Waals surface area contributed by atoms with Crippen LogP contribution >= 0.6 is 24.0 Å². The minimum Gasteiger partial charge on any atom is -0.382 e. The molecule has 2 fully saturated rings. The van der Waals surface area contributed by atoms with Crippen molar-refractivity contribution in [1.29, 1.82) is 0 Å². The number of hydrogen-bond donors (Lipinski definition) is 1. The molecule has 1 unspecified atom stereocenters. The number of guanidine groups is 1. The predicted molar refractivity (Wildman–Crippen MR) is 127 cm³/mol. The highest BCUT2D eigenvalue weighted by Gasteiger charge is 2.24. The zero-order valence-corrected chi connectivity index (χ0v) is 20.5. The zero-order chi connectivity index (χ0) is 19.3. The molecule has 0 saturated carbocycles. The van der Waals surface area contributed by atoms with E-state index in [9.17, 15) is 0 Å². The molecule has 0 aromatic carbocycles. The molecule has 2 aliphatic heterocycles. The fraction of sp³-hybridized carbons (Fsp3) is 0.950. The van der Waals surface area contributed by atoms with Crippen molar-refractivity contribution in [3.8, 4) is 0 Å². The molecule has 2 rings (SSSR count). The molecule has 0 radical (unpaired) electrons. The summed E-state index contributed by atoms with van der Waals surface area (Å²) in [6.45, 7) is 14.9.